The predicted molar refractivity (Wildman–Crippen MR) is 106 cm³/mol. The van der Waals surface area contributed by atoms with E-state index in [4.69, 9.17) is 9.15 Å². The number of rotatable bonds is 4. The van der Waals surface area contributed by atoms with E-state index in [9.17, 15) is 9.59 Å². The van der Waals surface area contributed by atoms with Gasteiger partial charge in [0, 0.05) is 4.88 Å². The van der Waals surface area contributed by atoms with Crippen LogP contribution in [0.1, 0.15) is 45.7 Å². The molecule has 3 heterocycles. The number of H-pyrrole nitrogens is 1. The molecule has 0 bridgehead atoms. The van der Waals surface area contributed by atoms with Crippen molar-refractivity contribution in [1.29, 1.82) is 0 Å². The van der Waals surface area contributed by atoms with Gasteiger partial charge in [-0.2, -0.15) is 0 Å². The molecule has 0 spiro atoms. The maximum absolute atomic E-state index is 12.6. The SMILES string of the molecule is COC(=O)c1cc(CSc2nc3sc4c(c3c(=O)[nH]2)CC[C@@H](C)C4)oc1C. The molecule has 27 heavy (non-hydrogen) atoms. The van der Waals surface area contributed by atoms with E-state index in [0.717, 1.165) is 29.5 Å². The fourth-order valence-corrected chi connectivity index (χ4v) is 5.65. The van der Waals surface area contributed by atoms with Crippen LogP contribution in [0.25, 0.3) is 10.2 Å². The second-order valence-corrected chi connectivity index (χ2v) is 8.91. The molecule has 1 aliphatic carbocycles. The number of fused-ring (bicyclic) bond motifs is 3. The van der Waals surface area contributed by atoms with Crippen molar-refractivity contribution in [1.82, 2.24) is 9.97 Å². The first kappa shape index (κ1) is 18.3. The van der Waals surface area contributed by atoms with Crippen molar-refractivity contribution in [3.05, 3.63) is 43.9 Å². The van der Waals surface area contributed by atoms with Gasteiger partial charge in [0.25, 0.3) is 5.56 Å². The van der Waals surface area contributed by atoms with Gasteiger partial charge in [0.05, 0.1) is 18.2 Å². The van der Waals surface area contributed by atoms with Crippen molar-refractivity contribution in [3.8, 4) is 0 Å². The van der Waals surface area contributed by atoms with E-state index >= 15 is 0 Å². The molecule has 4 rings (SSSR count). The first-order chi connectivity index (χ1) is 13.0. The minimum atomic E-state index is -0.418. The molecule has 0 saturated heterocycles. The summed E-state index contributed by atoms with van der Waals surface area (Å²) in [7, 11) is 1.34. The maximum atomic E-state index is 12.6. The Bertz CT molecular complexity index is 1080. The van der Waals surface area contributed by atoms with Crippen LogP contribution in [0.3, 0.4) is 0 Å². The number of carbonyl (C=O) groups excluding carboxylic acids is 1. The molecule has 1 aliphatic rings. The van der Waals surface area contributed by atoms with Crippen LogP contribution < -0.4 is 5.56 Å². The quantitative estimate of drug-likeness (QED) is 0.400. The van der Waals surface area contributed by atoms with E-state index < -0.39 is 5.97 Å². The first-order valence-corrected chi connectivity index (χ1v) is 10.6. The Morgan fingerprint density at radius 1 is 1.52 bits per heavy atom. The average molecular weight is 405 g/mol. The molecule has 1 atom stereocenters. The number of furan rings is 1. The summed E-state index contributed by atoms with van der Waals surface area (Å²) in [5, 5.41) is 1.32. The van der Waals surface area contributed by atoms with Crippen LogP contribution in [0.5, 0.6) is 0 Å². The fourth-order valence-electron chi connectivity index (χ4n) is 3.46. The lowest BCUT2D eigenvalue weighted by atomic mass is 9.89. The van der Waals surface area contributed by atoms with E-state index in [-0.39, 0.29) is 5.56 Å². The number of hydrogen-bond donors (Lipinski definition) is 1. The summed E-state index contributed by atoms with van der Waals surface area (Å²) in [6, 6.07) is 1.68. The number of carbonyl (C=O) groups is 1. The zero-order valence-electron chi connectivity index (χ0n) is 15.4. The number of thiophene rings is 1. The Kier molecular flexibility index (Phi) is 4.86. The van der Waals surface area contributed by atoms with Gasteiger partial charge in [-0.25, -0.2) is 9.78 Å². The van der Waals surface area contributed by atoms with Gasteiger partial charge in [0.1, 0.15) is 21.9 Å². The van der Waals surface area contributed by atoms with Crippen LogP contribution in [0.15, 0.2) is 20.4 Å². The fraction of sp³-hybridized carbons (Fsp3) is 0.421. The van der Waals surface area contributed by atoms with Gasteiger partial charge in [-0.05, 0) is 43.7 Å². The first-order valence-electron chi connectivity index (χ1n) is 8.81. The second kappa shape index (κ2) is 7.16. The second-order valence-electron chi connectivity index (χ2n) is 6.87. The van der Waals surface area contributed by atoms with Crippen LogP contribution >= 0.6 is 23.1 Å². The highest BCUT2D eigenvalue weighted by Crippen LogP contribution is 2.36. The van der Waals surface area contributed by atoms with Gasteiger partial charge in [-0.15, -0.1) is 11.3 Å². The molecule has 3 aromatic heterocycles. The Morgan fingerprint density at radius 2 is 2.33 bits per heavy atom. The molecule has 0 saturated carbocycles. The Hall–Kier alpha value is -2.06. The molecule has 0 unspecified atom stereocenters. The Labute approximate surface area is 164 Å². The van der Waals surface area contributed by atoms with Crippen LogP contribution in [0.4, 0.5) is 0 Å². The number of aryl methyl sites for hydroxylation is 2. The van der Waals surface area contributed by atoms with E-state index in [1.807, 2.05) is 0 Å². The summed E-state index contributed by atoms with van der Waals surface area (Å²) in [5.41, 5.74) is 1.54. The van der Waals surface area contributed by atoms with Crippen molar-refractivity contribution in [2.24, 2.45) is 5.92 Å². The molecular formula is C19H20N2O4S2. The Morgan fingerprint density at radius 3 is 3.11 bits per heavy atom. The number of nitrogens with one attached hydrogen (secondary N) is 1. The lowest BCUT2D eigenvalue weighted by Crippen LogP contribution is -2.13. The molecule has 3 aromatic rings. The summed E-state index contributed by atoms with van der Waals surface area (Å²) in [4.78, 5) is 34.0. The number of hydrogen-bond acceptors (Lipinski definition) is 7. The molecule has 0 amide bonds. The third-order valence-electron chi connectivity index (χ3n) is 4.87. The Balaban J connectivity index is 1.58. The molecule has 6 nitrogen and oxygen atoms in total. The molecule has 1 N–H and O–H groups in total. The van der Waals surface area contributed by atoms with Crippen molar-refractivity contribution >= 4 is 39.3 Å². The topological polar surface area (TPSA) is 85.2 Å². The number of aromatic nitrogens is 2. The smallest absolute Gasteiger partial charge is 0.341 e. The molecule has 8 heteroatoms. The van der Waals surface area contributed by atoms with Gasteiger partial charge in [0.2, 0.25) is 0 Å². The number of thioether (sulfide) groups is 1. The van der Waals surface area contributed by atoms with Gasteiger partial charge in [-0.3, -0.25) is 4.79 Å². The maximum Gasteiger partial charge on any atom is 0.341 e. The van der Waals surface area contributed by atoms with Crippen molar-refractivity contribution in [3.63, 3.8) is 0 Å². The minimum Gasteiger partial charge on any atom is -0.465 e. The summed E-state index contributed by atoms with van der Waals surface area (Å²) in [5.74, 6) is 1.87. The third kappa shape index (κ3) is 3.43. The van der Waals surface area contributed by atoms with E-state index in [1.54, 1.807) is 24.3 Å². The van der Waals surface area contributed by atoms with E-state index in [2.05, 4.69) is 16.9 Å². The molecule has 142 valence electrons. The summed E-state index contributed by atoms with van der Waals surface area (Å²) in [6.45, 7) is 3.98. The van der Waals surface area contributed by atoms with Crippen molar-refractivity contribution in [2.75, 3.05) is 7.11 Å². The highest BCUT2D eigenvalue weighted by molar-refractivity contribution is 7.98. The highest BCUT2D eigenvalue weighted by Gasteiger charge is 2.23. The summed E-state index contributed by atoms with van der Waals surface area (Å²) in [6.07, 6.45) is 3.10. The van der Waals surface area contributed by atoms with Crippen LogP contribution in [0.2, 0.25) is 0 Å². The number of methoxy groups -OCH3 is 1. The summed E-state index contributed by atoms with van der Waals surface area (Å²) < 4.78 is 10.4. The molecule has 0 radical (unpaired) electrons. The highest BCUT2D eigenvalue weighted by atomic mass is 32.2. The standard InChI is InChI=1S/C19H20N2O4S2/c1-9-4-5-12-14(6-9)27-17-15(12)16(22)20-19(21-17)26-8-11-7-13(10(2)25-11)18(23)24-3/h7,9H,4-6,8H2,1-3H3,(H,20,21,22)/t9-/m1/s1. The number of aromatic amines is 1. The zero-order chi connectivity index (χ0) is 19.1. The van der Waals surface area contributed by atoms with E-state index in [1.165, 1.54) is 29.3 Å². The summed E-state index contributed by atoms with van der Waals surface area (Å²) >= 11 is 3.02. The van der Waals surface area contributed by atoms with Crippen molar-refractivity contribution in [2.45, 2.75) is 44.0 Å². The van der Waals surface area contributed by atoms with Gasteiger partial charge in [-0.1, -0.05) is 18.7 Å². The van der Waals surface area contributed by atoms with E-state index in [0.29, 0.717) is 33.9 Å². The normalized spacial score (nSPS) is 16.5. The van der Waals surface area contributed by atoms with Gasteiger partial charge < -0.3 is 14.1 Å². The average Bonchev–Trinajstić information content (AvgIpc) is 3.18. The number of ether oxygens (including phenoxy) is 1. The number of nitrogens with zero attached hydrogens (tertiary/aromatic N) is 1. The molecule has 0 fully saturated rings. The van der Waals surface area contributed by atoms with Crippen molar-refractivity contribution < 1.29 is 13.9 Å². The van der Waals surface area contributed by atoms with Gasteiger partial charge >= 0.3 is 5.97 Å². The minimum absolute atomic E-state index is 0.0690. The van der Waals surface area contributed by atoms with Crippen LogP contribution in [0, 0.1) is 12.8 Å². The van der Waals surface area contributed by atoms with Crippen LogP contribution in [-0.2, 0) is 23.3 Å². The molecule has 0 aliphatic heterocycles. The van der Waals surface area contributed by atoms with Gasteiger partial charge in [0.15, 0.2) is 5.16 Å². The van der Waals surface area contributed by atoms with Crippen LogP contribution in [-0.4, -0.2) is 23.0 Å². The monoisotopic (exact) mass is 404 g/mol. The molecular weight excluding hydrogens is 384 g/mol. The number of esters is 1. The molecule has 0 aromatic carbocycles. The lowest BCUT2D eigenvalue weighted by Gasteiger charge is -2.17. The predicted octanol–water partition coefficient (Wildman–Crippen LogP) is 4.09. The third-order valence-corrected chi connectivity index (χ3v) is 6.91. The zero-order valence-corrected chi connectivity index (χ0v) is 17.0. The largest absolute Gasteiger partial charge is 0.465 e. The lowest BCUT2D eigenvalue weighted by molar-refractivity contribution is 0.0599.